The molecule has 0 saturated heterocycles. The minimum absolute atomic E-state index is 0.354. The van der Waals surface area contributed by atoms with Crippen molar-refractivity contribution in [3.8, 4) is 5.75 Å². The van der Waals surface area contributed by atoms with Crippen molar-refractivity contribution in [3.63, 3.8) is 0 Å². The SMILES string of the molecule is CCCCc1cc(NC2CCCc3ccc(OC)cc3C2)n2ncnc2n1. The highest BCUT2D eigenvalue weighted by molar-refractivity contribution is 5.46. The van der Waals surface area contributed by atoms with Gasteiger partial charge in [-0.25, -0.2) is 4.98 Å². The van der Waals surface area contributed by atoms with Gasteiger partial charge in [-0.1, -0.05) is 19.4 Å². The van der Waals surface area contributed by atoms with Crippen LogP contribution in [-0.4, -0.2) is 32.7 Å². The van der Waals surface area contributed by atoms with E-state index in [2.05, 4.69) is 51.6 Å². The van der Waals surface area contributed by atoms with Crippen LogP contribution < -0.4 is 10.1 Å². The Morgan fingerprint density at radius 1 is 1.26 bits per heavy atom. The highest BCUT2D eigenvalue weighted by Gasteiger charge is 2.19. The minimum atomic E-state index is 0.354. The van der Waals surface area contributed by atoms with Gasteiger partial charge in [-0.2, -0.15) is 14.6 Å². The predicted molar refractivity (Wildman–Crippen MR) is 106 cm³/mol. The maximum absolute atomic E-state index is 5.42. The van der Waals surface area contributed by atoms with Gasteiger partial charge in [0.1, 0.15) is 17.9 Å². The number of unbranched alkanes of at least 4 members (excludes halogenated alkanes) is 1. The number of aromatic nitrogens is 4. The molecule has 0 saturated carbocycles. The van der Waals surface area contributed by atoms with Crippen molar-refractivity contribution >= 4 is 11.6 Å². The van der Waals surface area contributed by atoms with Gasteiger partial charge < -0.3 is 10.1 Å². The molecule has 6 nitrogen and oxygen atoms in total. The van der Waals surface area contributed by atoms with Crippen molar-refractivity contribution in [2.45, 2.75) is 57.9 Å². The molecule has 0 amide bonds. The normalized spacial score (nSPS) is 16.7. The summed E-state index contributed by atoms with van der Waals surface area (Å²) in [5.41, 5.74) is 3.89. The van der Waals surface area contributed by atoms with E-state index in [1.54, 1.807) is 13.4 Å². The summed E-state index contributed by atoms with van der Waals surface area (Å²) in [7, 11) is 1.73. The molecule has 2 heterocycles. The van der Waals surface area contributed by atoms with Crippen molar-refractivity contribution in [2.75, 3.05) is 12.4 Å². The van der Waals surface area contributed by atoms with Gasteiger partial charge in [-0.3, -0.25) is 0 Å². The van der Waals surface area contributed by atoms with E-state index < -0.39 is 0 Å². The van der Waals surface area contributed by atoms with E-state index in [0.29, 0.717) is 11.8 Å². The molecule has 0 radical (unpaired) electrons. The molecule has 1 atom stereocenters. The van der Waals surface area contributed by atoms with E-state index in [1.807, 2.05) is 4.52 Å². The molecule has 2 aromatic heterocycles. The second kappa shape index (κ2) is 7.94. The third kappa shape index (κ3) is 3.89. The molecule has 142 valence electrons. The van der Waals surface area contributed by atoms with E-state index in [9.17, 15) is 0 Å². The van der Waals surface area contributed by atoms with Gasteiger partial charge in [0.2, 0.25) is 0 Å². The zero-order valence-electron chi connectivity index (χ0n) is 16.1. The van der Waals surface area contributed by atoms with E-state index in [-0.39, 0.29) is 0 Å². The van der Waals surface area contributed by atoms with E-state index in [0.717, 1.165) is 55.8 Å². The zero-order chi connectivity index (χ0) is 18.6. The Hall–Kier alpha value is -2.63. The van der Waals surface area contributed by atoms with Gasteiger partial charge in [-0.15, -0.1) is 0 Å². The number of rotatable bonds is 6. The second-order valence-electron chi connectivity index (χ2n) is 7.28. The maximum atomic E-state index is 5.42. The molecule has 1 aromatic carbocycles. The standard InChI is InChI=1S/C21H27N5O/c1-3-4-7-18-13-20(26-21(25-18)22-14-23-26)24-17-8-5-6-15-9-10-19(27-2)12-16(15)11-17/h9-10,12-14,17,24H,3-8,11H2,1-2H3. The van der Waals surface area contributed by atoms with E-state index in [4.69, 9.17) is 4.74 Å². The van der Waals surface area contributed by atoms with Gasteiger partial charge in [0, 0.05) is 17.8 Å². The average Bonchev–Trinajstić information content (AvgIpc) is 3.07. The highest BCUT2D eigenvalue weighted by atomic mass is 16.5. The first-order chi connectivity index (χ1) is 13.3. The first-order valence-electron chi connectivity index (χ1n) is 9.89. The first kappa shape index (κ1) is 17.8. The number of hydrogen-bond acceptors (Lipinski definition) is 5. The van der Waals surface area contributed by atoms with Crippen LogP contribution in [0.15, 0.2) is 30.6 Å². The fraction of sp³-hybridized carbons (Fsp3) is 0.476. The van der Waals surface area contributed by atoms with Crippen molar-refractivity contribution < 1.29 is 4.74 Å². The number of nitrogens with one attached hydrogen (secondary N) is 1. The Kier molecular flexibility index (Phi) is 5.23. The molecule has 27 heavy (non-hydrogen) atoms. The predicted octanol–water partition coefficient (Wildman–Crippen LogP) is 3.84. The Morgan fingerprint density at radius 2 is 2.19 bits per heavy atom. The number of hydrogen-bond donors (Lipinski definition) is 1. The summed E-state index contributed by atoms with van der Waals surface area (Å²) >= 11 is 0. The Labute approximate surface area is 160 Å². The van der Waals surface area contributed by atoms with Gasteiger partial charge in [-0.05, 0) is 61.8 Å². The van der Waals surface area contributed by atoms with Crippen LogP contribution in [0.5, 0.6) is 5.75 Å². The molecular weight excluding hydrogens is 338 g/mol. The molecule has 6 heteroatoms. The fourth-order valence-corrected chi connectivity index (χ4v) is 3.85. The molecule has 0 spiro atoms. The van der Waals surface area contributed by atoms with Crippen molar-refractivity contribution in [2.24, 2.45) is 0 Å². The van der Waals surface area contributed by atoms with Crippen molar-refractivity contribution in [1.82, 2.24) is 19.6 Å². The summed E-state index contributed by atoms with van der Waals surface area (Å²) in [6, 6.07) is 8.94. The summed E-state index contributed by atoms with van der Waals surface area (Å²) in [4.78, 5) is 8.94. The van der Waals surface area contributed by atoms with Crippen molar-refractivity contribution in [1.29, 1.82) is 0 Å². The number of anilines is 1. The van der Waals surface area contributed by atoms with Crippen molar-refractivity contribution in [3.05, 3.63) is 47.4 Å². The molecule has 0 aliphatic heterocycles. The molecule has 1 unspecified atom stereocenters. The van der Waals surface area contributed by atoms with Gasteiger partial charge >= 0.3 is 0 Å². The summed E-state index contributed by atoms with van der Waals surface area (Å²) in [5, 5.41) is 8.09. The monoisotopic (exact) mass is 365 g/mol. The Balaban J connectivity index is 1.60. The summed E-state index contributed by atoms with van der Waals surface area (Å²) < 4.78 is 7.24. The van der Waals surface area contributed by atoms with Crippen LogP contribution in [0.3, 0.4) is 0 Å². The van der Waals surface area contributed by atoms with Crippen LogP contribution in [0.25, 0.3) is 5.78 Å². The number of fused-ring (bicyclic) bond motifs is 2. The number of methoxy groups -OCH3 is 1. The topological polar surface area (TPSA) is 64.3 Å². The maximum Gasteiger partial charge on any atom is 0.254 e. The van der Waals surface area contributed by atoms with Crippen LogP contribution >= 0.6 is 0 Å². The Morgan fingerprint density at radius 3 is 3.04 bits per heavy atom. The highest BCUT2D eigenvalue weighted by Crippen LogP contribution is 2.26. The van der Waals surface area contributed by atoms with Crippen LogP contribution in [0, 0.1) is 0 Å². The third-order valence-corrected chi connectivity index (χ3v) is 5.32. The second-order valence-corrected chi connectivity index (χ2v) is 7.28. The first-order valence-corrected chi connectivity index (χ1v) is 9.89. The summed E-state index contributed by atoms with van der Waals surface area (Å²) in [6.45, 7) is 2.20. The lowest BCUT2D eigenvalue weighted by molar-refractivity contribution is 0.414. The third-order valence-electron chi connectivity index (χ3n) is 5.32. The van der Waals surface area contributed by atoms with Crippen LogP contribution in [0.1, 0.15) is 49.4 Å². The summed E-state index contributed by atoms with van der Waals surface area (Å²) in [6.07, 6.45) is 9.23. The quantitative estimate of drug-likeness (QED) is 0.673. The molecule has 4 rings (SSSR count). The zero-order valence-corrected chi connectivity index (χ0v) is 16.1. The lowest BCUT2D eigenvalue weighted by Crippen LogP contribution is -2.23. The molecule has 3 aromatic rings. The smallest absolute Gasteiger partial charge is 0.254 e. The molecule has 1 aliphatic rings. The van der Waals surface area contributed by atoms with Gasteiger partial charge in [0.05, 0.1) is 7.11 Å². The molecule has 1 aliphatic carbocycles. The minimum Gasteiger partial charge on any atom is -0.497 e. The molecular formula is C21H27N5O. The van der Waals surface area contributed by atoms with Gasteiger partial charge in [0.25, 0.3) is 5.78 Å². The number of aryl methyl sites for hydroxylation is 2. The number of benzene rings is 1. The van der Waals surface area contributed by atoms with E-state index >= 15 is 0 Å². The number of nitrogens with zero attached hydrogens (tertiary/aromatic N) is 4. The lowest BCUT2D eigenvalue weighted by Gasteiger charge is -2.19. The van der Waals surface area contributed by atoms with Crippen LogP contribution in [-0.2, 0) is 19.3 Å². The largest absolute Gasteiger partial charge is 0.497 e. The molecule has 1 N–H and O–H groups in total. The Bertz CT molecular complexity index is 920. The summed E-state index contributed by atoms with van der Waals surface area (Å²) in [5.74, 6) is 2.58. The number of ether oxygens (including phenoxy) is 1. The molecule has 0 bridgehead atoms. The fourth-order valence-electron chi connectivity index (χ4n) is 3.85. The van der Waals surface area contributed by atoms with Crippen LogP contribution in [0.4, 0.5) is 5.82 Å². The average molecular weight is 365 g/mol. The molecule has 0 fully saturated rings. The lowest BCUT2D eigenvalue weighted by atomic mass is 10.0. The van der Waals surface area contributed by atoms with Gasteiger partial charge in [0.15, 0.2) is 0 Å². The van der Waals surface area contributed by atoms with Crippen LogP contribution in [0.2, 0.25) is 0 Å². The van der Waals surface area contributed by atoms with E-state index in [1.165, 1.54) is 17.5 Å².